The highest BCUT2D eigenvalue weighted by atomic mass is 16.5. The summed E-state index contributed by atoms with van der Waals surface area (Å²) in [6.45, 7) is 3.94. The first-order valence-electron chi connectivity index (χ1n) is 5.73. The molecule has 0 saturated heterocycles. The molecule has 0 aromatic carbocycles. The molecule has 0 amide bonds. The predicted octanol–water partition coefficient (Wildman–Crippen LogP) is 1.05. The maximum Gasteiger partial charge on any atom is 0.241 e. The molecule has 2 aromatic heterocycles. The number of rotatable bonds is 2. The Kier molecular flexibility index (Phi) is 2.32. The number of nitrogens with two attached hydrogens (primary N) is 1. The summed E-state index contributed by atoms with van der Waals surface area (Å²) in [4.78, 5) is 4.09. The van der Waals surface area contributed by atoms with Crippen molar-refractivity contribution in [2.24, 2.45) is 0 Å². The summed E-state index contributed by atoms with van der Waals surface area (Å²) in [5.41, 5.74) is 7.63. The molecule has 0 fully saturated rings. The highest BCUT2D eigenvalue weighted by Crippen LogP contribution is 2.22. The number of aryl methyl sites for hydroxylation is 1. The molecule has 3 heterocycles. The van der Waals surface area contributed by atoms with Crippen LogP contribution in [0.1, 0.15) is 18.4 Å². The van der Waals surface area contributed by atoms with Crippen LogP contribution in [0.3, 0.4) is 0 Å². The van der Waals surface area contributed by atoms with Crippen LogP contribution < -0.4 is 11.1 Å². The number of nitrogen functional groups attached to an aromatic ring is 1. The monoisotopic (exact) mass is 246 g/mol. The summed E-state index contributed by atoms with van der Waals surface area (Å²) in [6.07, 6.45) is 2.65. The topological polar surface area (TPSA) is 94.8 Å². The van der Waals surface area contributed by atoms with E-state index in [-0.39, 0.29) is 12.0 Å². The van der Waals surface area contributed by atoms with Gasteiger partial charge < -0.3 is 15.6 Å². The molecule has 1 unspecified atom stereocenters. The first-order valence-corrected chi connectivity index (χ1v) is 5.73. The third-order valence-corrected chi connectivity index (χ3v) is 2.90. The quantitative estimate of drug-likeness (QED) is 0.822. The normalized spacial score (nSPS) is 18.1. The SMILES string of the molecule is Cc1cc(CC2=Cn3nc(N)nc3NC2C)no1. The van der Waals surface area contributed by atoms with Gasteiger partial charge in [0.2, 0.25) is 11.9 Å². The van der Waals surface area contributed by atoms with E-state index in [1.54, 1.807) is 4.68 Å². The van der Waals surface area contributed by atoms with Crippen LogP contribution in [0, 0.1) is 6.92 Å². The zero-order valence-corrected chi connectivity index (χ0v) is 10.2. The maximum absolute atomic E-state index is 5.57. The van der Waals surface area contributed by atoms with Crippen molar-refractivity contribution in [3.05, 3.63) is 23.1 Å². The van der Waals surface area contributed by atoms with Gasteiger partial charge in [-0.1, -0.05) is 5.16 Å². The standard InChI is InChI=1S/C11H14N6O/c1-6-3-9(16-18-6)4-8-5-17-11(13-7(8)2)14-10(12)15-17/h3,5,7H,4H2,1-2H3,(H3,12,13,14,15). The molecule has 7 heteroatoms. The molecule has 7 nitrogen and oxygen atoms in total. The van der Waals surface area contributed by atoms with Crippen LogP contribution in [0.25, 0.3) is 6.20 Å². The molecule has 1 aliphatic heterocycles. The molecule has 0 bridgehead atoms. The Bertz CT molecular complexity index is 611. The zero-order chi connectivity index (χ0) is 12.7. The van der Waals surface area contributed by atoms with Gasteiger partial charge in [0.05, 0.1) is 5.69 Å². The average molecular weight is 246 g/mol. The van der Waals surface area contributed by atoms with Crippen LogP contribution in [0.4, 0.5) is 11.9 Å². The largest absolute Gasteiger partial charge is 0.366 e. The van der Waals surface area contributed by atoms with E-state index in [1.165, 1.54) is 0 Å². The Hall–Kier alpha value is -2.31. The minimum Gasteiger partial charge on any atom is -0.366 e. The molecule has 1 atom stereocenters. The molecular weight excluding hydrogens is 232 g/mol. The summed E-state index contributed by atoms with van der Waals surface area (Å²) in [7, 11) is 0. The Balaban J connectivity index is 1.89. The van der Waals surface area contributed by atoms with E-state index in [0.717, 1.165) is 17.0 Å². The smallest absolute Gasteiger partial charge is 0.241 e. The lowest BCUT2D eigenvalue weighted by Gasteiger charge is -2.21. The van der Waals surface area contributed by atoms with Gasteiger partial charge in [0.25, 0.3) is 0 Å². The fourth-order valence-electron chi connectivity index (χ4n) is 1.99. The van der Waals surface area contributed by atoms with Gasteiger partial charge in [0, 0.05) is 24.7 Å². The fourth-order valence-corrected chi connectivity index (χ4v) is 1.99. The molecule has 0 spiro atoms. The first-order chi connectivity index (χ1) is 8.61. The fraction of sp³-hybridized carbons (Fsp3) is 0.364. The number of nitrogens with zero attached hydrogens (tertiary/aromatic N) is 4. The van der Waals surface area contributed by atoms with Crippen molar-refractivity contribution < 1.29 is 4.52 Å². The van der Waals surface area contributed by atoms with Crippen LogP contribution in [0.2, 0.25) is 0 Å². The highest BCUT2D eigenvalue weighted by Gasteiger charge is 2.20. The molecule has 1 aliphatic rings. The van der Waals surface area contributed by atoms with Crippen LogP contribution >= 0.6 is 0 Å². The van der Waals surface area contributed by atoms with E-state index in [1.807, 2.05) is 19.2 Å². The van der Waals surface area contributed by atoms with Gasteiger partial charge >= 0.3 is 0 Å². The number of anilines is 2. The number of nitrogens with one attached hydrogen (secondary N) is 1. The van der Waals surface area contributed by atoms with E-state index in [9.17, 15) is 0 Å². The van der Waals surface area contributed by atoms with Crippen molar-refractivity contribution >= 4 is 18.1 Å². The zero-order valence-electron chi connectivity index (χ0n) is 10.2. The Labute approximate surface area is 104 Å². The molecule has 0 saturated carbocycles. The van der Waals surface area contributed by atoms with Crippen LogP contribution in [-0.2, 0) is 6.42 Å². The van der Waals surface area contributed by atoms with Crippen molar-refractivity contribution in [1.82, 2.24) is 19.9 Å². The molecule has 2 aromatic rings. The summed E-state index contributed by atoms with van der Waals surface area (Å²) < 4.78 is 6.71. The molecule has 3 N–H and O–H groups in total. The Morgan fingerprint density at radius 3 is 3.11 bits per heavy atom. The summed E-state index contributed by atoms with van der Waals surface area (Å²) in [5.74, 6) is 1.74. The van der Waals surface area contributed by atoms with Crippen molar-refractivity contribution in [1.29, 1.82) is 0 Å². The second-order valence-corrected chi connectivity index (χ2v) is 4.41. The van der Waals surface area contributed by atoms with Crippen LogP contribution in [-0.4, -0.2) is 26.0 Å². The van der Waals surface area contributed by atoms with Crippen molar-refractivity contribution in [2.75, 3.05) is 11.1 Å². The predicted molar refractivity (Wildman–Crippen MR) is 66.7 cm³/mol. The lowest BCUT2D eigenvalue weighted by molar-refractivity contribution is 0.391. The molecular formula is C11H14N6O. The summed E-state index contributed by atoms with van der Waals surface area (Å²) in [6, 6.07) is 2.09. The Morgan fingerprint density at radius 2 is 2.39 bits per heavy atom. The number of fused-ring (bicyclic) bond motifs is 1. The second kappa shape index (κ2) is 3.86. The van der Waals surface area contributed by atoms with Gasteiger partial charge in [-0.3, -0.25) is 0 Å². The maximum atomic E-state index is 5.57. The lowest BCUT2D eigenvalue weighted by atomic mass is 10.0. The molecule has 94 valence electrons. The second-order valence-electron chi connectivity index (χ2n) is 4.41. The van der Waals surface area contributed by atoms with Crippen molar-refractivity contribution in [2.45, 2.75) is 26.3 Å². The summed E-state index contributed by atoms with van der Waals surface area (Å²) in [5, 5.41) is 11.3. The molecule has 18 heavy (non-hydrogen) atoms. The van der Waals surface area contributed by atoms with Gasteiger partial charge in [0.1, 0.15) is 5.76 Å². The third-order valence-electron chi connectivity index (χ3n) is 2.90. The summed E-state index contributed by atoms with van der Waals surface area (Å²) >= 11 is 0. The lowest BCUT2D eigenvalue weighted by Crippen LogP contribution is -2.26. The highest BCUT2D eigenvalue weighted by molar-refractivity contribution is 5.52. The molecule has 3 rings (SSSR count). The van der Waals surface area contributed by atoms with E-state index < -0.39 is 0 Å². The van der Waals surface area contributed by atoms with E-state index >= 15 is 0 Å². The van der Waals surface area contributed by atoms with Gasteiger partial charge in [0.15, 0.2) is 0 Å². The Morgan fingerprint density at radius 1 is 1.56 bits per heavy atom. The van der Waals surface area contributed by atoms with Crippen LogP contribution in [0.5, 0.6) is 0 Å². The number of aromatic nitrogens is 4. The van der Waals surface area contributed by atoms with Crippen molar-refractivity contribution in [3.63, 3.8) is 0 Å². The minimum absolute atomic E-state index is 0.165. The molecule has 0 radical (unpaired) electrons. The van der Waals surface area contributed by atoms with Gasteiger partial charge in [-0.15, -0.1) is 5.10 Å². The molecule has 0 aliphatic carbocycles. The van der Waals surface area contributed by atoms with E-state index in [4.69, 9.17) is 10.3 Å². The van der Waals surface area contributed by atoms with Crippen molar-refractivity contribution in [3.8, 4) is 0 Å². The third kappa shape index (κ3) is 1.83. The minimum atomic E-state index is 0.165. The van der Waals surface area contributed by atoms with Crippen LogP contribution in [0.15, 0.2) is 16.2 Å². The van der Waals surface area contributed by atoms with Gasteiger partial charge in [-0.2, -0.15) is 4.98 Å². The van der Waals surface area contributed by atoms with E-state index in [2.05, 4.69) is 27.5 Å². The number of hydrogen-bond donors (Lipinski definition) is 2. The van der Waals surface area contributed by atoms with E-state index in [0.29, 0.717) is 12.4 Å². The van der Waals surface area contributed by atoms with Gasteiger partial charge in [-0.25, -0.2) is 4.68 Å². The number of hydrogen-bond acceptors (Lipinski definition) is 6. The average Bonchev–Trinajstić information content (AvgIpc) is 2.85. The first kappa shape index (κ1) is 10.8. The van der Waals surface area contributed by atoms with Gasteiger partial charge in [-0.05, 0) is 19.4 Å².